The van der Waals surface area contributed by atoms with Gasteiger partial charge in [0.15, 0.2) is 5.13 Å². The molecule has 2 amide bonds. The summed E-state index contributed by atoms with van der Waals surface area (Å²) in [5, 5.41) is 7.06. The molecule has 2 aromatic heterocycles. The number of hydrogen-bond acceptors (Lipinski definition) is 5. The van der Waals surface area contributed by atoms with Crippen molar-refractivity contribution in [2.75, 3.05) is 10.6 Å². The molecule has 136 valence electrons. The van der Waals surface area contributed by atoms with Gasteiger partial charge in [0.2, 0.25) is 11.8 Å². The maximum absolute atomic E-state index is 12.4. The highest BCUT2D eigenvalue weighted by atomic mass is 32.1. The first kappa shape index (κ1) is 17.2. The Morgan fingerprint density at radius 3 is 2.81 bits per heavy atom. The summed E-state index contributed by atoms with van der Waals surface area (Å²) in [5.41, 5.74) is 4.21. The van der Waals surface area contributed by atoms with Crippen molar-refractivity contribution in [3.8, 4) is 0 Å². The van der Waals surface area contributed by atoms with Crippen molar-refractivity contribution in [1.29, 1.82) is 0 Å². The number of carbonyl (C=O) groups is 2. The maximum atomic E-state index is 12.4. The van der Waals surface area contributed by atoms with Crippen LogP contribution in [0.3, 0.4) is 0 Å². The van der Waals surface area contributed by atoms with E-state index in [1.807, 2.05) is 37.3 Å². The fraction of sp³-hybridized carbons (Fsp3) is 0.150. The number of thiazole rings is 1. The number of aromatic nitrogens is 1. The van der Waals surface area contributed by atoms with E-state index < -0.39 is 0 Å². The molecule has 4 rings (SSSR count). The van der Waals surface area contributed by atoms with Gasteiger partial charge >= 0.3 is 0 Å². The van der Waals surface area contributed by atoms with Crippen LogP contribution in [0, 0.1) is 6.92 Å². The molecular formula is C20H17N3O3S. The van der Waals surface area contributed by atoms with Gasteiger partial charge in [0.1, 0.15) is 5.58 Å². The largest absolute Gasteiger partial charge is 0.464 e. The van der Waals surface area contributed by atoms with Crippen molar-refractivity contribution in [3.63, 3.8) is 0 Å². The van der Waals surface area contributed by atoms with Crippen LogP contribution in [0.25, 0.3) is 21.2 Å². The van der Waals surface area contributed by atoms with Gasteiger partial charge in [-0.1, -0.05) is 23.5 Å². The first-order valence-corrected chi connectivity index (χ1v) is 9.24. The quantitative estimate of drug-likeness (QED) is 0.547. The zero-order chi connectivity index (χ0) is 19.0. The molecule has 0 fully saturated rings. The minimum atomic E-state index is -0.153. The summed E-state index contributed by atoms with van der Waals surface area (Å²) in [6, 6.07) is 11.4. The van der Waals surface area contributed by atoms with Crippen molar-refractivity contribution >= 4 is 55.2 Å². The molecule has 2 N–H and O–H groups in total. The number of hydrogen-bond donors (Lipinski definition) is 2. The Morgan fingerprint density at radius 1 is 1.15 bits per heavy atom. The van der Waals surface area contributed by atoms with E-state index in [-0.39, 0.29) is 18.2 Å². The predicted molar refractivity (Wildman–Crippen MR) is 107 cm³/mol. The van der Waals surface area contributed by atoms with E-state index in [4.69, 9.17) is 4.42 Å². The van der Waals surface area contributed by atoms with Gasteiger partial charge in [-0.3, -0.25) is 9.59 Å². The van der Waals surface area contributed by atoms with E-state index in [1.54, 1.807) is 12.3 Å². The summed E-state index contributed by atoms with van der Waals surface area (Å²) >= 11 is 1.37. The van der Waals surface area contributed by atoms with Crippen LogP contribution in [0.1, 0.15) is 18.1 Å². The van der Waals surface area contributed by atoms with E-state index in [2.05, 4.69) is 15.6 Å². The number of nitrogens with one attached hydrogen (secondary N) is 2. The van der Waals surface area contributed by atoms with Crippen LogP contribution in [-0.4, -0.2) is 16.8 Å². The molecule has 4 aromatic rings. The number of nitrogens with zero attached hydrogens (tertiary/aromatic N) is 1. The Morgan fingerprint density at radius 2 is 2.00 bits per heavy atom. The molecule has 0 spiro atoms. The van der Waals surface area contributed by atoms with Crippen LogP contribution >= 0.6 is 11.3 Å². The minimum Gasteiger partial charge on any atom is -0.464 e. The number of anilines is 2. The highest BCUT2D eigenvalue weighted by molar-refractivity contribution is 7.22. The van der Waals surface area contributed by atoms with Gasteiger partial charge in [0, 0.05) is 23.6 Å². The molecule has 2 heterocycles. The monoisotopic (exact) mass is 379 g/mol. The van der Waals surface area contributed by atoms with E-state index in [1.165, 1.54) is 18.3 Å². The number of furan rings is 1. The second-order valence-electron chi connectivity index (χ2n) is 6.37. The zero-order valence-electron chi connectivity index (χ0n) is 14.8. The first-order chi connectivity index (χ1) is 13.0. The molecule has 2 aromatic carbocycles. The zero-order valence-corrected chi connectivity index (χ0v) is 15.6. The van der Waals surface area contributed by atoms with Gasteiger partial charge in [-0.05, 0) is 36.8 Å². The molecule has 0 aliphatic carbocycles. The molecule has 0 saturated heterocycles. The Balaban J connectivity index is 1.51. The van der Waals surface area contributed by atoms with Crippen LogP contribution in [0.15, 0.2) is 47.1 Å². The summed E-state index contributed by atoms with van der Waals surface area (Å²) in [6.07, 6.45) is 1.84. The SMILES string of the molecule is CC(=O)Nc1ccc2nc(NC(=O)Cc3coc4cc(C)ccc34)sc2c1. The Labute approximate surface area is 159 Å². The third-order valence-electron chi connectivity index (χ3n) is 4.12. The summed E-state index contributed by atoms with van der Waals surface area (Å²) < 4.78 is 6.44. The fourth-order valence-electron chi connectivity index (χ4n) is 2.92. The van der Waals surface area contributed by atoms with Crippen LogP contribution in [-0.2, 0) is 16.0 Å². The predicted octanol–water partition coefficient (Wildman–Crippen LogP) is 4.49. The Kier molecular flexibility index (Phi) is 4.37. The average Bonchev–Trinajstić information content (AvgIpc) is 3.17. The number of fused-ring (bicyclic) bond motifs is 2. The van der Waals surface area contributed by atoms with Crippen LogP contribution in [0.5, 0.6) is 0 Å². The second kappa shape index (κ2) is 6.85. The Hall–Kier alpha value is -3.19. The summed E-state index contributed by atoms with van der Waals surface area (Å²) in [4.78, 5) is 28.0. The van der Waals surface area contributed by atoms with Crippen molar-refractivity contribution in [2.45, 2.75) is 20.3 Å². The molecule has 6 nitrogen and oxygen atoms in total. The lowest BCUT2D eigenvalue weighted by Crippen LogP contribution is -2.13. The molecule has 0 radical (unpaired) electrons. The van der Waals surface area contributed by atoms with Gasteiger partial charge in [-0.25, -0.2) is 4.98 Å². The van der Waals surface area contributed by atoms with Crippen molar-refractivity contribution in [2.24, 2.45) is 0 Å². The van der Waals surface area contributed by atoms with Crippen molar-refractivity contribution in [1.82, 2.24) is 4.98 Å². The summed E-state index contributed by atoms with van der Waals surface area (Å²) in [5.74, 6) is -0.283. The first-order valence-electron chi connectivity index (χ1n) is 8.43. The standard InChI is InChI=1S/C20H17N3O3S/c1-11-3-5-15-13(10-26-17(15)7-11)8-19(25)23-20-22-16-6-4-14(21-12(2)24)9-18(16)27-20/h3-7,9-10H,8H2,1-2H3,(H,21,24)(H,22,23,25). The average molecular weight is 379 g/mol. The third-order valence-corrected chi connectivity index (χ3v) is 5.05. The molecule has 7 heteroatoms. The molecule has 0 aliphatic heterocycles. The normalized spacial score (nSPS) is 11.0. The van der Waals surface area contributed by atoms with Gasteiger partial charge in [0.25, 0.3) is 0 Å². The van der Waals surface area contributed by atoms with Crippen LogP contribution in [0.4, 0.5) is 10.8 Å². The fourth-order valence-corrected chi connectivity index (χ4v) is 3.84. The Bertz CT molecular complexity index is 1180. The summed E-state index contributed by atoms with van der Waals surface area (Å²) in [6.45, 7) is 3.46. The van der Waals surface area contributed by atoms with Crippen LogP contribution in [0.2, 0.25) is 0 Å². The van der Waals surface area contributed by atoms with Gasteiger partial charge in [-0.15, -0.1) is 0 Å². The van der Waals surface area contributed by atoms with Crippen molar-refractivity contribution < 1.29 is 14.0 Å². The van der Waals surface area contributed by atoms with E-state index in [0.29, 0.717) is 10.8 Å². The number of aryl methyl sites for hydroxylation is 1. The van der Waals surface area contributed by atoms with Gasteiger partial charge < -0.3 is 15.1 Å². The molecule has 27 heavy (non-hydrogen) atoms. The number of amides is 2. The van der Waals surface area contributed by atoms with Crippen molar-refractivity contribution in [3.05, 3.63) is 53.8 Å². The lowest BCUT2D eigenvalue weighted by Gasteiger charge is -2.00. The number of benzene rings is 2. The topological polar surface area (TPSA) is 84.2 Å². The third kappa shape index (κ3) is 3.68. The highest BCUT2D eigenvalue weighted by Gasteiger charge is 2.13. The maximum Gasteiger partial charge on any atom is 0.230 e. The van der Waals surface area contributed by atoms with E-state index >= 15 is 0 Å². The van der Waals surface area contributed by atoms with E-state index in [9.17, 15) is 9.59 Å². The lowest BCUT2D eigenvalue weighted by molar-refractivity contribution is -0.116. The molecule has 0 bridgehead atoms. The van der Waals surface area contributed by atoms with E-state index in [0.717, 1.165) is 32.3 Å². The number of rotatable bonds is 4. The number of carbonyl (C=O) groups excluding carboxylic acids is 2. The highest BCUT2D eigenvalue weighted by Crippen LogP contribution is 2.29. The molecular weight excluding hydrogens is 362 g/mol. The minimum absolute atomic E-state index is 0.130. The lowest BCUT2D eigenvalue weighted by atomic mass is 10.1. The van der Waals surface area contributed by atoms with Gasteiger partial charge in [0.05, 0.1) is 22.9 Å². The second-order valence-corrected chi connectivity index (χ2v) is 7.40. The molecule has 0 saturated carbocycles. The molecule has 0 aliphatic rings. The molecule has 0 unspecified atom stereocenters. The molecule has 0 atom stereocenters. The van der Waals surface area contributed by atoms with Gasteiger partial charge in [-0.2, -0.15) is 0 Å². The summed E-state index contributed by atoms with van der Waals surface area (Å²) in [7, 11) is 0. The smallest absolute Gasteiger partial charge is 0.230 e. The van der Waals surface area contributed by atoms with Crippen LogP contribution < -0.4 is 10.6 Å².